The zero-order valence-corrected chi connectivity index (χ0v) is 17.2. The lowest BCUT2D eigenvalue weighted by molar-refractivity contribution is 0.0601. The molecule has 27 heavy (non-hydrogen) atoms. The van der Waals surface area contributed by atoms with Crippen molar-refractivity contribution in [1.29, 1.82) is 0 Å². The molecule has 1 aromatic heterocycles. The summed E-state index contributed by atoms with van der Waals surface area (Å²) in [5.74, 6) is -0.396. The van der Waals surface area contributed by atoms with Gasteiger partial charge >= 0.3 is 5.97 Å². The first-order chi connectivity index (χ1) is 13.0. The molecule has 0 fully saturated rings. The third-order valence-corrected chi connectivity index (χ3v) is 6.16. The number of ether oxygens (including phenoxy) is 1. The van der Waals surface area contributed by atoms with E-state index >= 15 is 0 Å². The van der Waals surface area contributed by atoms with Crippen LogP contribution in [0, 0.1) is 6.92 Å². The Morgan fingerprint density at radius 1 is 1.15 bits per heavy atom. The molecule has 3 rings (SSSR count). The number of halogens is 2. The Bertz CT molecular complexity index is 997. The first-order valence-electron chi connectivity index (χ1n) is 8.23. The van der Waals surface area contributed by atoms with Crippen LogP contribution >= 0.6 is 34.5 Å². The Kier molecular flexibility index (Phi) is 6.32. The highest BCUT2D eigenvalue weighted by Gasteiger charge is 2.21. The number of thiophene rings is 1. The van der Waals surface area contributed by atoms with E-state index in [2.05, 4.69) is 17.1 Å². The molecule has 0 atom stereocenters. The molecule has 1 heterocycles. The summed E-state index contributed by atoms with van der Waals surface area (Å²) in [5, 5.41) is 1.49. The van der Waals surface area contributed by atoms with Crippen molar-refractivity contribution >= 4 is 51.7 Å². The second-order valence-corrected chi connectivity index (χ2v) is 7.75. The van der Waals surface area contributed by atoms with Crippen LogP contribution in [0.5, 0.6) is 0 Å². The Morgan fingerprint density at radius 2 is 1.89 bits per heavy atom. The molecule has 2 aromatic carbocycles. The summed E-state index contributed by atoms with van der Waals surface area (Å²) < 4.78 is 4.96. The van der Waals surface area contributed by atoms with Gasteiger partial charge in [-0.15, -0.1) is 11.3 Å². The minimum absolute atomic E-state index is 0.396. The number of aliphatic imine (C=N–C) groups is 1. The highest BCUT2D eigenvalue weighted by molar-refractivity contribution is 7.16. The highest BCUT2D eigenvalue weighted by Crippen LogP contribution is 2.37. The Balaban J connectivity index is 2.00. The second-order valence-electron chi connectivity index (χ2n) is 5.89. The van der Waals surface area contributed by atoms with Crippen LogP contribution in [0.15, 0.2) is 53.5 Å². The summed E-state index contributed by atoms with van der Waals surface area (Å²) in [6, 6.07) is 15.4. The predicted octanol–water partition coefficient (Wildman–Crippen LogP) is 6.49. The van der Waals surface area contributed by atoms with Crippen molar-refractivity contribution in [1.82, 2.24) is 0 Å². The lowest BCUT2D eigenvalue weighted by atomic mass is 10.1. The number of hydrogen-bond donors (Lipinski definition) is 0. The van der Waals surface area contributed by atoms with Gasteiger partial charge in [-0.3, -0.25) is 0 Å². The maximum atomic E-state index is 12.3. The molecule has 0 spiro atoms. The van der Waals surface area contributed by atoms with Gasteiger partial charge in [0.05, 0.1) is 22.7 Å². The summed E-state index contributed by atoms with van der Waals surface area (Å²) in [6.45, 7) is 1.92. The molecular weight excluding hydrogens is 401 g/mol. The Morgan fingerprint density at radius 3 is 2.59 bits per heavy atom. The van der Waals surface area contributed by atoms with Gasteiger partial charge in [-0.25, -0.2) is 9.79 Å². The van der Waals surface area contributed by atoms with E-state index in [4.69, 9.17) is 27.9 Å². The van der Waals surface area contributed by atoms with E-state index in [1.807, 2.05) is 31.2 Å². The predicted molar refractivity (Wildman–Crippen MR) is 113 cm³/mol. The topological polar surface area (TPSA) is 38.7 Å². The van der Waals surface area contributed by atoms with Gasteiger partial charge in [0.15, 0.2) is 0 Å². The number of carbonyl (C=O) groups excluding carboxylic acids is 1. The molecule has 0 N–H and O–H groups in total. The third-order valence-electron chi connectivity index (χ3n) is 4.13. The highest BCUT2D eigenvalue weighted by atomic mass is 35.5. The van der Waals surface area contributed by atoms with Crippen LogP contribution in [-0.4, -0.2) is 19.3 Å². The van der Waals surface area contributed by atoms with Crippen LogP contribution in [-0.2, 0) is 11.2 Å². The van der Waals surface area contributed by atoms with Gasteiger partial charge in [0.1, 0.15) is 5.00 Å². The third kappa shape index (κ3) is 4.41. The Hall–Kier alpha value is -2.14. The lowest BCUT2D eigenvalue weighted by Crippen LogP contribution is -2.02. The zero-order chi connectivity index (χ0) is 19.4. The number of esters is 1. The van der Waals surface area contributed by atoms with E-state index in [9.17, 15) is 4.79 Å². The van der Waals surface area contributed by atoms with Crippen molar-refractivity contribution in [3.05, 3.63) is 85.7 Å². The van der Waals surface area contributed by atoms with Crippen molar-refractivity contribution in [3.63, 3.8) is 0 Å². The molecule has 0 aliphatic carbocycles. The summed E-state index contributed by atoms with van der Waals surface area (Å²) in [7, 11) is 1.37. The standard InChI is InChI=1S/C21H17Cl2NO2S/c1-13-17(11-14-7-4-3-5-8-14)27-20(18(13)21(25)26-2)24-12-15-9-6-10-16(22)19(15)23/h3-10,12H,11H2,1-2H3. The van der Waals surface area contributed by atoms with Crippen LogP contribution < -0.4 is 0 Å². The molecule has 0 radical (unpaired) electrons. The van der Waals surface area contributed by atoms with Gasteiger partial charge in [0.25, 0.3) is 0 Å². The van der Waals surface area contributed by atoms with E-state index in [1.165, 1.54) is 24.0 Å². The Labute approximate surface area is 172 Å². The van der Waals surface area contributed by atoms with Crippen LogP contribution in [0.3, 0.4) is 0 Å². The molecule has 138 valence electrons. The minimum atomic E-state index is -0.396. The summed E-state index contributed by atoms with van der Waals surface area (Å²) in [4.78, 5) is 17.9. The monoisotopic (exact) mass is 417 g/mol. The summed E-state index contributed by atoms with van der Waals surface area (Å²) in [6.07, 6.45) is 2.35. The van der Waals surface area contributed by atoms with Gasteiger partial charge in [-0.2, -0.15) is 0 Å². The first-order valence-corrected chi connectivity index (χ1v) is 9.81. The van der Waals surface area contributed by atoms with E-state index < -0.39 is 5.97 Å². The minimum Gasteiger partial charge on any atom is -0.465 e. The average molecular weight is 418 g/mol. The normalized spacial score (nSPS) is 11.1. The maximum Gasteiger partial charge on any atom is 0.341 e. The van der Waals surface area contributed by atoms with Crippen LogP contribution in [0.1, 0.15) is 31.9 Å². The summed E-state index contributed by atoms with van der Waals surface area (Å²) >= 11 is 13.8. The fraction of sp³-hybridized carbons (Fsp3) is 0.143. The smallest absolute Gasteiger partial charge is 0.341 e. The number of nitrogens with zero attached hydrogens (tertiary/aromatic N) is 1. The fourth-order valence-corrected chi connectivity index (χ4v) is 4.20. The lowest BCUT2D eigenvalue weighted by Gasteiger charge is -2.02. The van der Waals surface area contributed by atoms with Gasteiger partial charge in [-0.05, 0) is 24.1 Å². The van der Waals surface area contributed by atoms with Gasteiger partial charge in [0.2, 0.25) is 0 Å². The van der Waals surface area contributed by atoms with Crippen molar-refractivity contribution in [2.75, 3.05) is 7.11 Å². The van der Waals surface area contributed by atoms with Crippen molar-refractivity contribution < 1.29 is 9.53 Å². The number of carbonyl (C=O) groups is 1. The molecule has 0 unspecified atom stereocenters. The largest absolute Gasteiger partial charge is 0.465 e. The molecular formula is C21H17Cl2NO2S. The van der Waals surface area contributed by atoms with E-state index in [0.717, 1.165) is 16.9 Å². The molecule has 3 nitrogen and oxygen atoms in total. The maximum absolute atomic E-state index is 12.3. The number of rotatable bonds is 5. The van der Waals surface area contributed by atoms with Gasteiger partial charge in [-0.1, -0.05) is 65.7 Å². The average Bonchev–Trinajstić information content (AvgIpc) is 2.98. The first kappa shape index (κ1) is 19.6. The molecule has 0 aliphatic rings. The van der Waals surface area contributed by atoms with Crippen LogP contribution in [0.2, 0.25) is 10.0 Å². The number of hydrogen-bond acceptors (Lipinski definition) is 4. The van der Waals surface area contributed by atoms with Crippen molar-refractivity contribution in [3.8, 4) is 0 Å². The molecule has 0 saturated carbocycles. The molecule has 6 heteroatoms. The quantitative estimate of drug-likeness (QED) is 0.351. The van der Waals surface area contributed by atoms with Crippen LogP contribution in [0.4, 0.5) is 5.00 Å². The van der Waals surface area contributed by atoms with Crippen LogP contribution in [0.25, 0.3) is 0 Å². The fourth-order valence-electron chi connectivity index (χ4n) is 2.68. The molecule has 0 aliphatic heterocycles. The number of benzene rings is 2. The molecule has 3 aromatic rings. The summed E-state index contributed by atoms with van der Waals surface area (Å²) in [5.41, 5.74) is 3.24. The second kappa shape index (κ2) is 8.70. The van der Waals surface area contributed by atoms with Crippen molar-refractivity contribution in [2.24, 2.45) is 4.99 Å². The van der Waals surface area contributed by atoms with Gasteiger partial charge in [0, 0.05) is 23.1 Å². The molecule has 0 bridgehead atoms. The van der Waals surface area contributed by atoms with E-state index in [0.29, 0.717) is 26.2 Å². The van der Waals surface area contributed by atoms with E-state index in [1.54, 1.807) is 18.3 Å². The van der Waals surface area contributed by atoms with E-state index in [-0.39, 0.29) is 0 Å². The van der Waals surface area contributed by atoms with Crippen molar-refractivity contribution in [2.45, 2.75) is 13.3 Å². The SMILES string of the molecule is COC(=O)c1c(N=Cc2cccc(Cl)c2Cl)sc(Cc2ccccc2)c1C. The number of methoxy groups -OCH3 is 1. The zero-order valence-electron chi connectivity index (χ0n) is 14.8. The molecule has 0 saturated heterocycles. The van der Waals surface area contributed by atoms with Gasteiger partial charge < -0.3 is 4.74 Å². The molecule has 0 amide bonds.